The van der Waals surface area contributed by atoms with Crippen molar-refractivity contribution in [1.29, 1.82) is 0 Å². The van der Waals surface area contributed by atoms with Crippen molar-refractivity contribution in [2.24, 2.45) is 0 Å². The Bertz CT molecular complexity index is 1440. The van der Waals surface area contributed by atoms with Crippen LogP contribution in [0, 0.1) is 5.82 Å². The zero-order valence-electron chi connectivity index (χ0n) is 21.9. The number of rotatable bonds is 10. The molecule has 0 spiro atoms. The second-order valence-corrected chi connectivity index (χ2v) is 11.4. The van der Waals surface area contributed by atoms with Gasteiger partial charge < -0.3 is 19.1 Å². The SMILES string of the molecule is COCCN(C)S(=O)(=O)NC(=O)c1cnc2ccc(N3CCC[C@@H]3c3cc(F)ccc3O[C@@H]3CCOC3)cn12. The fourth-order valence-electron chi connectivity index (χ4n) is 4.97. The van der Waals surface area contributed by atoms with Crippen molar-refractivity contribution in [1.82, 2.24) is 18.4 Å². The van der Waals surface area contributed by atoms with Gasteiger partial charge in [0.15, 0.2) is 0 Å². The maximum absolute atomic E-state index is 14.4. The Morgan fingerprint density at radius 1 is 1.28 bits per heavy atom. The van der Waals surface area contributed by atoms with Crippen LogP contribution in [0.25, 0.3) is 5.65 Å². The molecular formula is C26H32FN5O6S. The van der Waals surface area contributed by atoms with Crippen LogP contribution in [0.1, 0.15) is 41.4 Å². The summed E-state index contributed by atoms with van der Waals surface area (Å²) in [7, 11) is -1.25. The molecule has 2 atom stereocenters. The maximum atomic E-state index is 14.4. The number of anilines is 1. The van der Waals surface area contributed by atoms with Gasteiger partial charge in [-0.15, -0.1) is 0 Å². The van der Waals surface area contributed by atoms with Crippen molar-refractivity contribution in [3.63, 3.8) is 0 Å². The summed E-state index contributed by atoms with van der Waals surface area (Å²) in [5, 5.41) is 0. The van der Waals surface area contributed by atoms with Gasteiger partial charge in [-0.25, -0.2) is 14.1 Å². The highest BCUT2D eigenvalue weighted by atomic mass is 32.2. The van der Waals surface area contributed by atoms with Crippen molar-refractivity contribution in [3.8, 4) is 5.75 Å². The molecule has 0 aliphatic carbocycles. The van der Waals surface area contributed by atoms with Crippen molar-refractivity contribution < 1.29 is 31.8 Å². The minimum absolute atomic E-state index is 0.0716. The van der Waals surface area contributed by atoms with E-state index in [0.717, 1.165) is 34.8 Å². The monoisotopic (exact) mass is 561 g/mol. The smallest absolute Gasteiger partial charge is 0.303 e. The molecule has 0 radical (unpaired) electrons. The molecule has 2 saturated heterocycles. The van der Waals surface area contributed by atoms with Crippen LogP contribution in [0.2, 0.25) is 0 Å². The molecule has 2 fully saturated rings. The summed E-state index contributed by atoms with van der Waals surface area (Å²) in [6, 6.07) is 8.10. The van der Waals surface area contributed by atoms with E-state index in [1.54, 1.807) is 22.7 Å². The van der Waals surface area contributed by atoms with E-state index in [0.29, 0.717) is 31.2 Å². The lowest BCUT2D eigenvalue weighted by atomic mass is 10.0. The summed E-state index contributed by atoms with van der Waals surface area (Å²) < 4.78 is 60.8. The second kappa shape index (κ2) is 11.5. The van der Waals surface area contributed by atoms with E-state index in [1.165, 1.54) is 32.5 Å². The van der Waals surface area contributed by atoms with E-state index in [1.807, 2.05) is 6.07 Å². The Kier molecular flexibility index (Phi) is 8.03. The fourth-order valence-corrected chi connectivity index (χ4v) is 5.78. The number of halogens is 1. The topological polar surface area (TPSA) is 115 Å². The molecule has 0 unspecified atom stereocenters. The molecule has 210 valence electrons. The van der Waals surface area contributed by atoms with Crippen LogP contribution in [-0.2, 0) is 19.7 Å². The number of carbonyl (C=O) groups excluding carboxylic acids is 1. The number of fused-ring (bicyclic) bond motifs is 1. The molecule has 39 heavy (non-hydrogen) atoms. The first-order valence-electron chi connectivity index (χ1n) is 12.8. The average molecular weight is 562 g/mol. The lowest BCUT2D eigenvalue weighted by Gasteiger charge is -2.29. The minimum atomic E-state index is -4.07. The standard InChI is InChI=1S/C26H32FN5O6S/c1-30(11-13-36-2)39(34,35)29-26(33)23-15-28-25-8-6-19(16-32(23)25)31-10-3-4-22(31)21-14-18(27)5-7-24(21)38-20-9-12-37-17-20/h5-8,14-16,20,22H,3-4,9-13,17H2,1-2H3,(H,29,33)/t20-,22-/m1/s1. The van der Waals surface area contributed by atoms with Gasteiger partial charge in [0, 0.05) is 45.4 Å². The molecule has 5 rings (SSSR count). The van der Waals surface area contributed by atoms with Gasteiger partial charge in [0.1, 0.15) is 29.0 Å². The van der Waals surface area contributed by atoms with Crippen LogP contribution in [0.5, 0.6) is 5.75 Å². The molecule has 1 N–H and O–H groups in total. The number of pyridine rings is 1. The number of nitrogens with zero attached hydrogens (tertiary/aromatic N) is 4. The number of ether oxygens (including phenoxy) is 3. The van der Waals surface area contributed by atoms with E-state index in [2.05, 4.69) is 14.6 Å². The molecule has 1 amide bonds. The summed E-state index contributed by atoms with van der Waals surface area (Å²) in [5.74, 6) is -0.510. The zero-order chi connectivity index (χ0) is 27.6. The molecule has 0 bridgehead atoms. The molecular weight excluding hydrogens is 529 g/mol. The predicted molar refractivity (Wildman–Crippen MR) is 142 cm³/mol. The Morgan fingerprint density at radius 3 is 2.90 bits per heavy atom. The summed E-state index contributed by atoms with van der Waals surface area (Å²) >= 11 is 0. The van der Waals surface area contributed by atoms with E-state index < -0.39 is 16.1 Å². The normalized spacial score (nSPS) is 19.7. The van der Waals surface area contributed by atoms with E-state index in [9.17, 15) is 17.6 Å². The highest BCUT2D eigenvalue weighted by molar-refractivity contribution is 7.87. The highest BCUT2D eigenvalue weighted by Crippen LogP contribution is 2.41. The van der Waals surface area contributed by atoms with Crippen LogP contribution < -0.4 is 14.4 Å². The number of methoxy groups -OCH3 is 1. The van der Waals surface area contributed by atoms with Crippen molar-refractivity contribution in [2.45, 2.75) is 31.4 Å². The van der Waals surface area contributed by atoms with Crippen LogP contribution >= 0.6 is 0 Å². The molecule has 13 heteroatoms. The molecule has 11 nitrogen and oxygen atoms in total. The molecule has 2 aliphatic rings. The molecule has 4 heterocycles. The van der Waals surface area contributed by atoms with Crippen molar-refractivity contribution in [3.05, 3.63) is 59.8 Å². The van der Waals surface area contributed by atoms with Crippen molar-refractivity contribution >= 4 is 27.5 Å². The Hall–Kier alpha value is -3.26. The number of likely N-dealkylation sites (N-methyl/N-ethyl adjacent to an activating group) is 1. The Morgan fingerprint density at radius 2 is 2.13 bits per heavy atom. The first kappa shape index (κ1) is 27.3. The fraction of sp³-hybridized carbons (Fsp3) is 0.462. The van der Waals surface area contributed by atoms with Crippen LogP contribution in [-0.4, -0.2) is 81.2 Å². The van der Waals surface area contributed by atoms with Gasteiger partial charge in [-0.05, 0) is 43.2 Å². The number of imidazole rings is 1. The largest absolute Gasteiger partial charge is 0.488 e. The number of nitrogens with one attached hydrogen (secondary N) is 1. The summed E-state index contributed by atoms with van der Waals surface area (Å²) in [5.41, 5.74) is 2.10. The number of hydrogen-bond acceptors (Lipinski definition) is 8. The van der Waals surface area contributed by atoms with E-state index in [-0.39, 0.29) is 36.8 Å². The highest BCUT2D eigenvalue weighted by Gasteiger charge is 2.31. The number of amides is 1. The van der Waals surface area contributed by atoms with Gasteiger partial charge >= 0.3 is 10.2 Å². The van der Waals surface area contributed by atoms with Crippen molar-refractivity contribution in [2.75, 3.05) is 52.0 Å². The predicted octanol–water partition coefficient (Wildman–Crippen LogP) is 2.54. The number of aromatic nitrogens is 2. The Balaban J connectivity index is 1.42. The minimum Gasteiger partial charge on any atom is -0.488 e. The maximum Gasteiger partial charge on any atom is 0.303 e. The Labute approximate surface area is 226 Å². The zero-order valence-corrected chi connectivity index (χ0v) is 22.7. The van der Waals surface area contributed by atoms with Crippen LogP contribution in [0.4, 0.5) is 10.1 Å². The van der Waals surface area contributed by atoms with Gasteiger partial charge in [0.25, 0.3) is 5.91 Å². The molecule has 3 aromatic rings. The quantitative estimate of drug-likeness (QED) is 0.402. The van der Waals surface area contributed by atoms with Gasteiger partial charge in [0.05, 0.1) is 37.7 Å². The molecule has 2 aromatic heterocycles. The molecule has 0 saturated carbocycles. The van der Waals surface area contributed by atoms with Crippen LogP contribution in [0.3, 0.4) is 0 Å². The summed E-state index contributed by atoms with van der Waals surface area (Å²) in [4.78, 5) is 19.4. The molecule has 1 aromatic carbocycles. The number of benzene rings is 1. The first-order chi connectivity index (χ1) is 18.8. The van der Waals surface area contributed by atoms with E-state index >= 15 is 0 Å². The third-order valence-electron chi connectivity index (χ3n) is 7.06. The van der Waals surface area contributed by atoms with Crippen LogP contribution in [0.15, 0.2) is 42.7 Å². The number of carbonyl (C=O) groups is 1. The van der Waals surface area contributed by atoms with Gasteiger partial charge in [-0.2, -0.15) is 12.7 Å². The van der Waals surface area contributed by atoms with E-state index in [4.69, 9.17) is 14.2 Å². The third kappa shape index (κ3) is 5.86. The molecule has 2 aliphatic heterocycles. The number of hydrogen-bond donors (Lipinski definition) is 1. The van der Waals surface area contributed by atoms with Gasteiger partial charge in [-0.3, -0.25) is 9.20 Å². The first-order valence-corrected chi connectivity index (χ1v) is 14.3. The second-order valence-electron chi connectivity index (χ2n) is 9.65. The van der Waals surface area contributed by atoms with Gasteiger partial charge in [0.2, 0.25) is 0 Å². The lowest BCUT2D eigenvalue weighted by molar-refractivity contribution is 0.0973. The third-order valence-corrected chi connectivity index (χ3v) is 8.51. The lowest BCUT2D eigenvalue weighted by Crippen LogP contribution is -2.43. The van der Waals surface area contributed by atoms with Gasteiger partial charge in [-0.1, -0.05) is 0 Å². The average Bonchev–Trinajstić information content (AvgIpc) is 3.68. The summed E-state index contributed by atoms with van der Waals surface area (Å²) in [6.45, 7) is 2.14. The summed E-state index contributed by atoms with van der Waals surface area (Å²) in [6.07, 6.45) is 5.48.